The first-order valence-corrected chi connectivity index (χ1v) is 7.39. The van der Waals surface area contributed by atoms with Gasteiger partial charge in [0.25, 0.3) is 5.69 Å². The second kappa shape index (κ2) is 5.88. The Labute approximate surface area is 129 Å². The van der Waals surface area contributed by atoms with Gasteiger partial charge in [-0.05, 0) is 19.9 Å². The van der Waals surface area contributed by atoms with Gasteiger partial charge in [0.05, 0.1) is 10.3 Å². The molecular weight excluding hydrogens is 348 g/mol. The topological polar surface area (TPSA) is 73.8 Å². The van der Waals surface area contributed by atoms with Crippen LogP contribution >= 0.6 is 27.5 Å². The standard InChI is InChI=1S/C12H12BrClN4O2/c1-7(2)17-11(6-13)15-16-12(17)8-3-9(14)5-10(4-8)18(19)20/h3-5,7H,6H2,1-2H3. The van der Waals surface area contributed by atoms with E-state index in [9.17, 15) is 10.1 Å². The Hall–Kier alpha value is -1.47. The number of nitro benzene ring substituents is 1. The van der Waals surface area contributed by atoms with E-state index in [0.29, 0.717) is 21.7 Å². The molecule has 20 heavy (non-hydrogen) atoms. The summed E-state index contributed by atoms with van der Waals surface area (Å²) >= 11 is 9.30. The highest BCUT2D eigenvalue weighted by molar-refractivity contribution is 9.08. The van der Waals surface area contributed by atoms with Gasteiger partial charge in [0, 0.05) is 28.8 Å². The van der Waals surface area contributed by atoms with Crippen LogP contribution in [-0.4, -0.2) is 19.7 Å². The van der Waals surface area contributed by atoms with E-state index in [2.05, 4.69) is 26.1 Å². The summed E-state index contributed by atoms with van der Waals surface area (Å²) in [6.07, 6.45) is 0. The van der Waals surface area contributed by atoms with Crippen molar-refractivity contribution in [2.45, 2.75) is 25.2 Å². The largest absolute Gasteiger partial charge is 0.308 e. The average molecular weight is 360 g/mol. The first kappa shape index (κ1) is 14.9. The Kier molecular flexibility index (Phi) is 4.39. The fourth-order valence-electron chi connectivity index (χ4n) is 1.96. The lowest BCUT2D eigenvalue weighted by Crippen LogP contribution is -2.07. The average Bonchev–Trinajstić information content (AvgIpc) is 2.81. The number of benzene rings is 1. The van der Waals surface area contributed by atoms with Gasteiger partial charge in [-0.2, -0.15) is 0 Å². The molecule has 1 aromatic heterocycles. The summed E-state index contributed by atoms with van der Waals surface area (Å²) in [5, 5.41) is 20.0. The molecule has 0 N–H and O–H groups in total. The Morgan fingerprint density at radius 1 is 1.40 bits per heavy atom. The van der Waals surface area contributed by atoms with Crippen molar-refractivity contribution in [1.82, 2.24) is 14.8 Å². The van der Waals surface area contributed by atoms with Crippen LogP contribution < -0.4 is 0 Å². The van der Waals surface area contributed by atoms with E-state index >= 15 is 0 Å². The van der Waals surface area contributed by atoms with E-state index in [1.54, 1.807) is 6.07 Å². The van der Waals surface area contributed by atoms with Crippen LogP contribution in [0, 0.1) is 10.1 Å². The van der Waals surface area contributed by atoms with Crippen LogP contribution in [0.1, 0.15) is 25.7 Å². The maximum absolute atomic E-state index is 10.9. The molecule has 0 aliphatic heterocycles. The van der Waals surface area contributed by atoms with Gasteiger partial charge in [0.2, 0.25) is 0 Å². The maximum Gasteiger partial charge on any atom is 0.271 e. The van der Waals surface area contributed by atoms with Crippen LogP contribution in [0.5, 0.6) is 0 Å². The van der Waals surface area contributed by atoms with E-state index in [0.717, 1.165) is 5.82 Å². The summed E-state index contributed by atoms with van der Waals surface area (Å²) in [5.41, 5.74) is 0.517. The molecule has 6 nitrogen and oxygen atoms in total. The van der Waals surface area contributed by atoms with E-state index in [-0.39, 0.29) is 11.7 Å². The summed E-state index contributed by atoms with van der Waals surface area (Å²) < 4.78 is 1.92. The van der Waals surface area contributed by atoms with Crippen LogP contribution in [0.25, 0.3) is 11.4 Å². The molecule has 0 saturated heterocycles. The number of hydrogen-bond acceptors (Lipinski definition) is 4. The van der Waals surface area contributed by atoms with Crippen molar-refractivity contribution in [3.05, 3.63) is 39.2 Å². The normalized spacial score (nSPS) is 11.1. The van der Waals surface area contributed by atoms with E-state index in [1.807, 2.05) is 18.4 Å². The zero-order valence-electron chi connectivity index (χ0n) is 10.9. The zero-order chi connectivity index (χ0) is 14.9. The first-order valence-electron chi connectivity index (χ1n) is 5.89. The molecule has 0 amide bonds. The number of alkyl halides is 1. The molecule has 0 unspecified atom stereocenters. The van der Waals surface area contributed by atoms with Crippen molar-refractivity contribution >= 4 is 33.2 Å². The lowest BCUT2D eigenvalue weighted by Gasteiger charge is -2.13. The monoisotopic (exact) mass is 358 g/mol. The number of rotatable bonds is 4. The van der Waals surface area contributed by atoms with Crippen molar-refractivity contribution in [2.24, 2.45) is 0 Å². The van der Waals surface area contributed by atoms with Crippen LogP contribution in [0.15, 0.2) is 18.2 Å². The maximum atomic E-state index is 10.9. The Morgan fingerprint density at radius 2 is 2.10 bits per heavy atom. The minimum absolute atomic E-state index is 0.0637. The minimum atomic E-state index is -0.475. The molecule has 0 spiro atoms. The van der Waals surface area contributed by atoms with Gasteiger partial charge >= 0.3 is 0 Å². The fourth-order valence-corrected chi connectivity index (χ4v) is 2.57. The van der Waals surface area contributed by atoms with Gasteiger partial charge in [0.1, 0.15) is 5.82 Å². The molecule has 0 aliphatic rings. The summed E-state index contributed by atoms with van der Waals surface area (Å²) in [5.74, 6) is 1.33. The SMILES string of the molecule is CC(C)n1c(CBr)nnc1-c1cc(Cl)cc([N+](=O)[O-])c1. The molecule has 0 bridgehead atoms. The predicted molar refractivity (Wildman–Crippen MR) is 80.1 cm³/mol. The highest BCUT2D eigenvalue weighted by Gasteiger charge is 2.18. The van der Waals surface area contributed by atoms with Crippen LogP contribution in [-0.2, 0) is 5.33 Å². The predicted octanol–water partition coefficient (Wildman–Crippen LogP) is 3.98. The summed E-state index contributed by atoms with van der Waals surface area (Å²) in [7, 11) is 0. The summed E-state index contributed by atoms with van der Waals surface area (Å²) in [6.45, 7) is 4.00. The number of nitro groups is 1. The van der Waals surface area contributed by atoms with Crippen molar-refractivity contribution in [2.75, 3.05) is 0 Å². The smallest absolute Gasteiger partial charge is 0.271 e. The third-order valence-corrected chi connectivity index (χ3v) is 3.47. The molecule has 2 rings (SSSR count). The Balaban J connectivity index is 2.62. The molecule has 0 saturated carbocycles. The second-order valence-electron chi connectivity index (χ2n) is 4.49. The van der Waals surface area contributed by atoms with Gasteiger partial charge in [0.15, 0.2) is 5.82 Å². The number of aromatic nitrogens is 3. The van der Waals surface area contributed by atoms with Gasteiger partial charge < -0.3 is 4.57 Å². The van der Waals surface area contributed by atoms with Crippen molar-refractivity contribution in [3.8, 4) is 11.4 Å². The zero-order valence-corrected chi connectivity index (χ0v) is 13.2. The molecule has 0 radical (unpaired) electrons. The van der Waals surface area contributed by atoms with Gasteiger partial charge in [-0.25, -0.2) is 0 Å². The number of hydrogen-bond donors (Lipinski definition) is 0. The molecule has 0 aliphatic carbocycles. The summed E-state index contributed by atoms with van der Waals surface area (Å²) in [6, 6.07) is 4.54. The van der Waals surface area contributed by atoms with Crippen molar-refractivity contribution in [1.29, 1.82) is 0 Å². The fraction of sp³-hybridized carbons (Fsp3) is 0.333. The molecule has 2 aromatic rings. The summed E-state index contributed by atoms with van der Waals surface area (Å²) in [4.78, 5) is 10.4. The lowest BCUT2D eigenvalue weighted by molar-refractivity contribution is -0.384. The number of nitrogens with zero attached hydrogens (tertiary/aromatic N) is 4. The molecular formula is C12H12BrClN4O2. The van der Waals surface area contributed by atoms with E-state index < -0.39 is 4.92 Å². The number of non-ortho nitro benzene ring substituents is 1. The van der Waals surface area contributed by atoms with Crippen LogP contribution in [0.2, 0.25) is 5.02 Å². The molecule has 1 heterocycles. The number of halogens is 2. The van der Waals surface area contributed by atoms with Gasteiger partial charge in [-0.15, -0.1) is 10.2 Å². The Bertz CT molecular complexity index is 657. The molecule has 0 fully saturated rings. The molecule has 106 valence electrons. The van der Waals surface area contributed by atoms with Gasteiger partial charge in [-0.3, -0.25) is 10.1 Å². The van der Waals surface area contributed by atoms with Crippen molar-refractivity contribution in [3.63, 3.8) is 0 Å². The van der Waals surface area contributed by atoms with Gasteiger partial charge in [-0.1, -0.05) is 27.5 Å². The second-order valence-corrected chi connectivity index (χ2v) is 5.49. The molecule has 8 heteroatoms. The van der Waals surface area contributed by atoms with Crippen molar-refractivity contribution < 1.29 is 4.92 Å². The third-order valence-electron chi connectivity index (χ3n) is 2.75. The highest BCUT2D eigenvalue weighted by atomic mass is 79.9. The van der Waals surface area contributed by atoms with E-state index in [4.69, 9.17) is 11.6 Å². The highest BCUT2D eigenvalue weighted by Crippen LogP contribution is 2.29. The first-order chi connectivity index (χ1) is 9.43. The molecule has 0 atom stereocenters. The van der Waals surface area contributed by atoms with E-state index in [1.165, 1.54) is 12.1 Å². The molecule has 1 aromatic carbocycles. The van der Waals surface area contributed by atoms with Crippen LogP contribution in [0.4, 0.5) is 5.69 Å². The lowest BCUT2D eigenvalue weighted by atomic mass is 10.2. The van der Waals surface area contributed by atoms with Crippen LogP contribution in [0.3, 0.4) is 0 Å². The third kappa shape index (κ3) is 2.83. The minimum Gasteiger partial charge on any atom is -0.308 e. The quantitative estimate of drug-likeness (QED) is 0.470. The Morgan fingerprint density at radius 3 is 2.65 bits per heavy atom.